The number of halogens is 1. The summed E-state index contributed by atoms with van der Waals surface area (Å²) in [6.45, 7) is 0. The van der Waals surface area contributed by atoms with Gasteiger partial charge in [0.2, 0.25) is 0 Å². The Morgan fingerprint density at radius 3 is 2.94 bits per heavy atom. The van der Waals surface area contributed by atoms with E-state index in [4.69, 9.17) is 21.6 Å². The summed E-state index contributed by atoms with van der Waals surface area (Å²) in [4.78, 5) is 4.03. The lowest BCUT2D eigenvalue weighted by molar-refractivity contribution is 0.303. The van der Waals surface area contributed by atoms with E-state index >= 15 is 0 Å². The predicted octanol–water partition coefficient (Wildman–Crippen LogP) is 3.30. The van der Waals surface area contributed by atoms with Crippen LogP contribution in [0.4, 0.5) is 0 Å². The number of hydrogen-bond donors (Lipinski definition) is 0. The van der Waals surface area contributed by atoms with Crippen LogP contribution in [0.5, 0.6) is 5.75 Å². The highest BCUT2D eigenvalue weighted by molar-refractivity contribution is 6.34. The van der Waals surface area contributed by atoms with E-state index in [9.17, 15) is 0 Å². The highest BCUT2D eigenvalue weighted by Crippen LogP contribution is 2.33. The molecule has 1 aromatic carbocycles. The van der Waals surface area contributed by atoms with E-state index in [0.29, 0.717) is 16.5 Å². The molecule has 3 nitrogen and oxygen atoms in total. The summed E-state index contributed by atoms with van der Waals surface area (Å²) < 4.78 is 5.70. The second kappa shape index (κ2) is 3.90. The number of benzene rings is 1. The number of fused-ring (bicyclic) bond motifs is 1. The number of hydrogen-bond acceptors (Lipinski definition) is 3. The quantitative estimate of drug-likeness (QED) is 0.762. The van der Waals surface area contributed by atoms with Crippen LogP contribution in [0.2, 0.25) is 5.15 Å². The molecule has 0 spiro atoms. The maximum atomic E-state index is 9.10. The van der Waals surface area contributed by atoms with Gasteiger partial charge in [-0.25, -0.2) is 4.98 Å². The van der Waals surface area contributed by atoms with Crippen LogP contribution >= 0.6 is 11.6 Å². The summed E-state index contributed by atoms with van der Waals surface area (Å²) in [6, 6.07) is 7.59. The molecule has 1 saturated carbocycles. The number of pyridine rings is 1. The normalized spacial score (nSPS) is 14.6. The molecule has 17 heavy (non-hydrogen) atoms. The summed E-state index contributed by atoms with van der Waals surface area (Å²) in [5, 5.41) is 11.3. The highest BCUT2D eigenvalue weighted by atomic mass is 35.5. The Morgan fingerprint density at radius 1 is 1.41 bits per heavy atom. The van der Waals surface area contributed by atoms with Crippen molar-refractivity contribution in [2.45, 2.75) is 18.9 Å². The number of nitriles is 1. The Bertz CT molecular complexity index is 629. The van der Waals surface area contributed by atoms with E-state index in [1.807, 2.05) is 12.1 Å². The van der Waals surface area contributed by atoms with Crippen molar-refractivity contribution >= 4 is 22.4 Å². The maximum Gasteiger partial charge on any atom is 0.138 e. The fraction of sp³-hybridized carbons (Fsp3) is 0.231. The molecule has 0 aliphatic heterocycles. The molecule has 0 radical (unpaired) electrons. The molecule has 0 saturated heterocycles. The number of ether oxygens (including phenoxy) is 1. The summed E-state index contributed by atoms with van der Waals surface area (Å²) in [7, 11) is 0. The molecule has 2 aromatic rings. The predicted molar refractivity (Wildman–Crippen MR) is 65.1 cm³/mol. The molecule has 0 unspecified atom stereocenters. The van der Waals surface area contributed by atoms with E-state index in [0.717, 1.165) is 23.6 Å². The van der Waals surface area contributed by atoms with Crippen molar-refractivity contribution in [1.82, 2.24) is 4.98 Å². The molecule has 84 valence electrons. The molecule has 0 atom stereocenters. The molecule has 1 fully saturated rings. The first-order chi connectivity index (χ1) is 8.28. The molecule has 3 rings (SSSR count). The van der Waals surface area contributed by atoms with Gasteiger partial charge in [-0.1, -0.05) is 11.6 Å². The monoisotopic (exact) mass is 244 g/mol. The zero-order valence-electron chi connectivity index (χ0n) is 8.98. The van der Waals surface area contributed by atoms with E-state index in [-0.39, 0.29) is 6.10 Å². The fourth-order valence-corrected chi connectivity index (χ4v) is 1.94. The van der Waals surface area contributed by atoms with Crippen LogP contribution in [0.25, 0.3) is 10.8 Å². The summed E-state index contributed by atoms with van der Waals surface area (Å²) in [6.07, 6.45) is 4.01. The number of rotatable bonds is 2. The zero-order chi connectivity index (χ0) is 11.8. The van der Waals surface area contributed by atoms with Gasteiger partial charge >= 0.3 is 0 Å². The van der Waals surface area contributed by atoms with Gasteiger partial charge in [-0.05, 0) is 36.4 Å². The van der Waals surface area contributed by atoms with Gasteiger partial charge in [0.05, 0.1) is 11.7 Å². The molecule has 0 N–H and O–H groups in total. The Balaban J connectivity index is 2.18. The summed E-state index contributed by atoms with van der Waals surface area (Å²) >= 11 is 6.03. The van der Waals surface area contributed by atoms with Crippen molar-refractivity contribution in [1.29, 1.82) is 5.26 Å². The van der Waals surface area contributed by atoms with Crippen molar-refractivity contribution in [3.8, 4) is 11.8 Å². The molecule has 0 amide bonds. The van der Waals surface area contributed by atoms with Crippen LogP contribution in [0.1, 0.15) is 18.4 Å². The van der Waals surface area contributed by atoms with Crippen molar-refractivity contribution in [2.75, 3.05) is 0 Å². The van der Waals surface area contributed by atoms with Crippen molar-refractivity contribution in [3.63, 3.8) is 0 Å². The lowest BCUT2D eigenvalue weighted by Crippen LogP contribution is -1.98. The minimum atomic E-state index is 0.259. The SMILES string of the molecule is N#Cc1cc2ccnc(Cl)c2cc1OC1CC1. The molecule has 1 aliphatic carbocycles. The van der Waals surface area contributed by atoms with Crippen LogP contribution in [0, 0.1) is 11.3 Å². The largest absolute Gasteiger partial charge is 0.489 e. The van der Waals surface area contributed by atoms with Gasteiger partial charge in [-0.15, -0.1) is 0 Å². The average molecular weight is 245 g/mol. The van der Waals surface area contributed by atoms with Crippen LogP contribution in [0.15, 0.2) is 24.4 Å². The van der Waals surface area contributed by atoms with Gasteiger partial charge in [-0.2, -0.15) is 5.26 Å². The second-order valence-corrected chi connectivity index (χ2v) is 4.46. The third-order valence-electron chi connectivity index (χ3n) is 2.75. The van der Waals surface area contributed by atoms with Gasteiger partial charge in [0.1, 0.15) is 17.0 Å². The standard InChI is InChI=1S/C13H9ClN2O/c14-13-11-6-12(17-10-1-2-10)9(7-15)5-8(11)3-4-16-13/h3-6,10H,1-2H2. The lowest BCUT2D eigenvalue weighted by atomic mass is 10.1. The first-order valence-electron chi connectivity index (χ1n) is 5.43. The van der Waals surface area contributed by atoms with Crippen LogP contribution < -0.4 is 4.74 Å². The number of aromatic nitrogens is 1. The topological polar surface area (TPSA) is 45.9 Å². The first-order valence-corrected chi connectivity index (χ1v) is 5.81. The van der Waals surface area contributed by atoms with E-state index in [1.165, 1.54) is 0 Å². The first kappa shape index (κ1) is 10.4. The fourth-order valence-electron chi connectivity index (χ4n) is 1.72. The van der Waals surface area contributed by atoms with Crippen molar-refractivity contribution in [2.24, 2.45) is 0 Å². The van der Waals surface area contributed by atoms with Gasteiger partial charge in [-0.3, -0.25) is 0 Å². The lowest BCUT2D eigenvalue weighted by Gasteiger charge is -2.08. The van der Waals surface area contributed by atoms with Crippen LogP contribution in [-0.4, -0.2) is 11.1 Å². The Kier molecular flexibility index (Phi) is 2.38. The molecule has 4 heteroatoms. The molecular formula is C13H9ClN2O. The van der Waals surface area contributed by atoms with E-state index < -0.39 is 0 Å². The van der Waals surface area contributed by atoms with Gasteiger partial charge < -0.3 is 4.74 Å². The summed E-state index contributed by atoms with van der Waals surface area (Å²) in [5.41, 5.74) is 0.548. The van der Waals surface area contributed by atoms with E-state index in [1.54, 1.807) is 12.3 Å². The smallest absolute Gasteiger partial charge is 0.138 e. The Hall–Kier alpha value is -1.79. The van der Waals surface area contributed by atoms with Crippen LogP contribution in [0.3, 0.4) is 0 Å². The van der Waals surface area contributed by atoms with Crippen LogP contribution in [-0.2, 0) is 0 Å². The minimum absolute atomic E-state index is 0.259. The molecule has 0 bridgehead atoms. The average Bonchev–Trinajstić information content (AvgIpc) is 3.13. The maximum absolute atomic E-state index is 9.10. The second-order valence-electron chi connectivity index (χ2n) is 4.10. The zero-order valence-corrected chi connectivity index (χ0v) is 9.74. The third-order valence-corrected chi connectivity index (χ3v) is 3.06. The Morgan fingerprint density at radius 2 is 2.24 bits per heavy atom. The van der Waals surface area contributed by atoms with Gasteiger partial charge in [0.25, 0.3) is 0 Å². The molecule has 1 heterocycles. The van der Waals surface area contributed by atoms with Gasteiger partial charge in [0.15, 0.2) is 0 Å². The molecular weight excluding hydrogens is 236 g/mol. The van der Waals surface area contributed by atoms with Crippen molar-refractivity contribution in [3.05, 3.63) is 35.1 Å². The molecule has 1 aromatic heterocycles. The summed E-state index contributed by atoms with van der Waals surface area (Å²) in [5.74, 6) is 0.609. The highest BCUT2D eigenvalue weighted by Gasteiger charge is 2.25. The number of nitrogens with zero attached hydrogens (tertiary/aromatic N) is 2. The molecule has 1 aliphatic rings. The van der Waals surface area contributed by atoms with E-state index in [2.05, 4.69) is 11.1 Å². The Labute approximate surface area is 104 Å². The minimum Gasteiger partial charge on any atom is -0.489 e. The van der Waals surface area contributed by atoms with Gasteiger partial charge in [0, 0.05) is 11.6 Å². The third kappa shape index (κ3) is 1.92. The van der Waals surface area contributed by atoms with Crippen molar-refractivity contribution < 1.29 is 4.74 Å².